The molecule has 0 heterocycles. The SMILES string of the molecule is CCCCC(CC(C)(O)O)c1cc(C(=O)O)c(C)c(C)c1N. The Labute approximate surface area is 131 Å². The van der Waals surface area contributed by atoms with E-state index in [-0.39, 0.29) is 17.9 Å². The number of nitrogens with two attached hydrogens (primary N) is 1. The fourth-order valence-corrected chi connectivity index (χ4v) is 2.81. The molecule has 0 aliphatic rings. The van der Waals surface area contributed by atoms with Crippen molar-refractivity contribution in [3.63, 3.8) is 0 Å². The Morgan fingerprint density at radius 2 is 1.91 bits per heavy atom. The number of hydrogen-bond acceptors (Lipinski definition) is 4. The first kappa shape index (κ1) is 18.5. The second-order valence-corrected chi connectivity index (χ2v) is 6.24. The molecular formula is C17H27NO4. The lowest BCUT2D eigenvalue weighted by atomic mass is 9.83. The van der Waals surface area contributed by atoms with Crippen LogP contribution in [-0.4, -0.2) is 27.1 Å². The Bertz CT molecular complexity index is 547. The molecule has 124 valence electrons. The molecule has 0 amide bonds. The highest BCUT2D eigenvalue weighted by Gasteiger charge is 2.27. The molecule has 5 nitrogen and oxygen atoms in total. The number of unbranched alkanes of at least 4 members (excludes halogenated alkanes) is 1. The number of carboxylic acids is 1. The van der Waals surface area contributed by atoms with E-state index in [4.69, 9.17) is 5.73 Å². The number of carbonyl (C=O) groups is 1. The smallest absolute Gasteiger partial charge is 0.335 e. The van der Waals surface area contributed by atoms with E-state index in [0.29, 0.717) is 16.8 Å². The van der Waals surface area contributed by atoms with Crippen molar-refractivity contribution >= 4 is 11.7 Å². The third-order valence-corrected chi connectivity index (χ3v) is 4.19. The van der Waals surface area contributed by atoms with E-state index in [1.165, 1.54) is 6.92 Å². The zero-order valence-corrected chi connectivity index (χ0v) is 13.8. The topological polar surface area (TPSA) is 104 Å². The zero-order valence-electron chi connectivity index (χ0n) is 13.8. The highest BCUT2D eigenvalue weighted by atomic mass is 16.5. The molecule has 0 aromatic heterocycles. The molecule has 0 saturated carbocycles. The van der Waals surface area contributed by atoms with Gasteiger partial charge in [0, 0.05) is 12.1 Å². The van der Waals surface area contributed by atoms with Crippen molar-refractivity contribution in [1.82, 2.24) is 0 Å². The molecule has 1 unspecified atom stereocenters. The van der Waals surface area contributed by atoms with Crippen LogP contribution in [0.1, 0.15) is 72.5 Å². The molecule has 0 aliphatic heterocycles. The Kier molecular flexibility index (Phi) is 5.97. The summed E-state index contributed by atoms with van der Waals surface area (Å²) in [5.74, 6) is -2.99. The molecule has 1 rings (SSSR count). The minimum Gasteiger partial charge on any atom is -0.478 e. The number of anilines is 1. The van der Waals surface area contributed by atoms with Crippen molar-refractivity contribution in [3.8, 4) is 0 Å². The quantitative estimate of drug-likeness (QED) is 0.458. The van der Waals surface area contributed by atoms with Gasteiger partial charge < -0.3 is 21.1 Å². The van der Waals surface area contributed by atoms with Crippen LogP contribution in [0.3, 0.4) is 0 Å². The molecule has 5 N–H and O–H groups in total. The first-order valence-corrected chi connectivity index (χ1v) is 7.66. The lowest BCUT2D eigenvalue weighted by molar-refractivity contribution is -0.153. The summed E-state index contributed by atoms with van der Waals surface area (Å²) in [4.78, 5) is 11.4. The summed E-state index contributed by atoms with van der Waals surface area (Å²) in [6.07, 6.45) is 2.74. The van der Waals surface area contributed by atoms with E-state index in [1.807, 2.05) is 0 Å². The Hall–Kier alpha value is -1.59. The van der Waals surface area contributed by atoms with Gasteiger partial charge in [0.25, 0.3) is 0 Å². The predicted octanol–water partition coefficient (Wildman–Crippen LogP) is 2.95. The number of nitrogen functional groups attached to an aromatic ring is 1. The molecule has 0 aliphatic carbocycles. The lowest BCUT2D eigenvalue weighted by Gasteiger charge is -2.27. The van der Waals surface area contributed by atoms with Gasteiger partial charge in [-0.1, -0.05) is 19.8 Å². The summed E-state index contributed by atoms with van der Waals surface area (Å²) in [5.41, 5.74) is 9.05. The van der Waals surface area contributed by atoms with E-state index in [1.54, 1.807) is 19.9 Å². The summed E-state index contributed by atoms with van der Waals surface area (Å²) in [5, 5.41) is 28.8. The fraction of sp³-hybridized carbons (Fsp3) is 0.588. The van der Waals surface area contributed by atoms with Gasteiger partial charge in [0.2, 0.25) is 0 Å². The van der Waals surface area contributed by atoms with Gasteiger partial charge in [0.05, 0.1) is 5.56 Å². The maximum absolute atomic E-state index is 11.4. The highest BCUT2D eigenvalue weighted by molar-refractivity contribution is 5.91. The molecule has 1 aromatic carbocycles. The molecule has 1 aromatic rings. The predicted molar refractivity (Wildman–Crippen MR) is 87.0 cm³/mol. The number of rotatable bonds is 7. The van der Waals surface area contributed by atoms with E-state index in [2.05, 4.69) is 6.92 Å². The largest absolute Gasteiger partial charge is 0.478 e. The van der Waals surface area contributed by atoms with Crippen molar-refractivity contribution in [2.45, 2.75) is 65.1 Å². The maximum Gasteiger partial charge on any atom is 0.335 e. The Morgan fingerprint density at radius 1 is 1.32 bits per heavy atom. The third kappa shape index (κ3) is 4.45. The lowest BCUT2D eigenvalue weighted by Crippen LogP contribution is -2.26. The molecule has 0 spiro atoms. The van der Waals surface area contributed by atoms with E-state index >= 15 is 0 Å². The normalized spacial score (nSPS) is 13.2. The van der Waals surface area contributed by atoms with Gasteiger partial charge in [-0.2, -0.15) is 0 Å². The van der Waals surface area contributed by atoms with E-state index in [0.717, 1.165) is 24.8 Å². The molecule has 0 bridgehead atoms. The van der Waals surface area contributed by atoms with Gasteiger partial charge in [-0.15, -0.1) is 0 Å². The van der Waals surface area contributed by atoms with Gasteiger partial charge in [-0.25, -0.2) is 4.79 Å². The van der Waals surface area contributed by atoms with Crippen molar-refractivity contribution < 1.29 is 20.1 Å². The van der Waals surface area contributed by atoms with Crippen molar-refractivity contribution in [2.24, 2.45) is 0 Å². The average Bonchev–Trinajstić information content (AvgIpc) is 2.39. The standard InChI is InChI=1S/C17H27NO4/c1-5-6-7-12(9-17(4,21)22)14-8-13(16(19)20)10(2)11(3)15(14)18/h8,12,21-22H,5-7,9,18H2,1-4H3,(H,19,20). The van der Waals surface area contributed by atoms with Crippen molar-refractivity contribution in [1.29, 1.82) is 0 Å². The maximum atomic E-state index is 11.4. The number of aromatic carboxylic acids is 1. The summed E-state index contributed by atoms with van der Waals surface area (Å²) in [7, 11) is 0. The number of benzene rings is 1. The van der Waals surface area contributed by atoms with E-state index < -0.39 is 11.8 Å². The first-order valence-electron chi connectivity index (χ1n) is 7.66. The molecule has 22 heavy (non-hydrogen) atoms. The van der Waals surface area contributed by atoms with Crippen LogP contribution >= 0.6 is 0 Å². The van der Waals surface area contributed by atoms with Crippen LogP contribution in [0.5, 0.6) is 0 Å². The Morgan fingerprint density at radius 3 is 2.36 bits per heavy atom. The van der Waals surface area contributed by atoms with Gasteiger partial charge >= 0.3 is 5.97 Å². The van der Waals surface area contributed by atoms with Crippen LogP contribution in [0.15, 0.2) is 6.07 Å². The van der Waals surface area contributed by atoms with Gasteiger partial charge in [0.1, 0.15) is 0 Å². The van der Waals surface area contributed by atoms with Crippen LogP contribution in [-0.2, 0) is 0 Å². The van der Waals surface area contributed by atoms with Gasteiger partial charge in [-0.3, -0.25) is 0 Å². The second-order valence-electron chi connectivity index (χ2n) is 6.24. The number of aliphatic hydroxyl groups is 2. The van der Waals surface area contributed by atoms with Gasteiger partial charge in [-0.05, 0) is 55.9 Å². The molecule has 0 saturated heterocycles. The molecule has 0 radical (unpaired) electrons. The average molecular weight is 309 g/mol. The highest BCUT2D eigenvalue weighted by Crippen LogP contribution is 2.37. The Balaban J connectivity index is 3.37. The minimum atomic E-state index is -1.81. The number of hydrogen-bond donors (Lipinski definition) is 4. The third-order valence-electron chi connectivity index (χ3n) is 4.19. The molecular weight excluding hydrogens is 282 g/mol. The molecule has 1 atom stereocenters. The molecule has 5 heteroatoms. The second kappa shape index (κ2) is 7.11. The van der Waals surface area contributed by atoms with Crippen LogP contribution in [0.4, 0.5) is 5.69 Å². The summed E-state index contributed by atoms with van der Waals surface area (Å²) in [6, 6.07) is 1.59. The van der Waals surface area contributed by atoms with Crippen LogP contribution in [0.25, 0.3) is 0 Å². The van der Waals surface area contributed by atoms with Gasteiger partial charge in [0.15, 0.2) is 5.79 Å². The van der Waals surface area contributed by atoms with E-state index in [9.17, 15) is 20.1 Å². The first-order chi connectivity index (χ1) is 10.1. The molecule has 0 fully saturated rings. The monoisotopic (exact) mass is 309 g/mol. The van der Waals surface area contributed by atoms with Crippen LogP contribution in [0, 0.1) is 13.8 Å². The van der Waals surface area contributed by atoms with Crippen LogP contribution < -0.4 is 5.73 Å². The van der Waals surface area contributed by atoms with Crippen LogP contribution in [0.2, 0.25) is 0 Å². The zero-order chi connectivity index (χ0) is 17.1. The summed E-state index contributed by atoms with van der Waals surface area (Å²) in [6.45, 7) is 6.93. The number of carboxylic acid groups (broad SMARTS) is 1. The summed E-state index contributed by atoms with van der Waals surface area (Å²) >= 11 is 0. The van der Waals surface area contributed by atoms with Crippen molar-refractivity contribution in [2.75, 3.05) is 5.73 Å². The fourth-order valence-electron chi connectivity index (χ4n) is 2.81. The van der Waals surface area contributed by atoms with Crippen molar-refractivity contribution in [3.05, 3.63) is 28.3 Å². The summed E-state index contributed by atoms with van der Waals surface area (Å²) < 4.78 is 0. The minimum absolute atomic E-state index is 0.124.